The summed E-state index contributed by atoms with van der Waals surface area (Å²) in [5.74, 6) is 0. The van der Waals surface area contributed by atoms with Gasteiger partial charge in [0.25, 0.3) is 0 Å². The Bertz CT molecular complexity index is 1190. The average molecular weight is 379 g/mol. The summed E-state index contributed by atoms with van der Waals surface area (Å²) in [5.41, 5.74) is 1.59. The maximum Gasteiger partial charge on any atom is 0.497 e. The Morgan fingerprint density at radius 1 is 0.815 bits per heavy atom. The predicted molar refractivity (Wildman–Crippen MR) is 112 cm³/mol. The summed E-state index contributed by atoms with van der Waals surface area (Å²) in [6, 6.07) is 16.3. The number of fused-ring (bicyclic) bond motifs is 4. The lowest BCUT2D eigenvalue weighted by atomic mass is 9.76. The summed E-state index contributed by atoms with van der Waals surface area (Å²) in [6.45, 7) is 8.17. The van der Waals surface area contributed by atoms with Crippen LogP contribution in [0.15, 0.2) is 52.9 Å². The summed E-state index contributed by atoms with van der Waals surface area (Å²) in [7, 11) is -0.543. The van der Waals surface area contributed by atoms with Crippen molar-refractivity contribution in [3.63, 3.8) is 0 Å². The van der Waals surface area contributed by atoms with E-state index >= 15 is 0 Å². The van der Waals surface area contributed by atoms with E-state index in [2.05, 4.69) is 24.3 Å². The zero-order chi connectivity index (χ0) is 19.0. The molecule has 1 aliphatic heterocycles. The number of hydrogen-bond donors (Lipinski definition) is 0. The molecule has 0 spiro atoms. The molecule has 136 valence electrons. The number of furan rings is 1. The van der Waals surface area contributed by atoms with E-state index in [1.54, 1.807) is 0 Å². The Morgan fingerprint density at radius 2 is 1.44 bits per heavy atom. The van der Waals surface area contributed by atoms with Crippen molar-refractivity contribution in [2.75, 3.05) is 0 Å². The van der Waals surface area contributed by atoms with Crippen LogP contribution >= 0.6 is 11.6 Å². The molecule has 3 nitrogen and oxygen atoms in total. The highest BCUT2D eigenvalue weighted by atomic mass is 35.5. The van der Waals surface area contributed by atoms with Gasteiger partial charge in [-0.25, -0.2) is 0 Å². The number of hydrogen-bond acceptors (Lipinski definition) is 3. The van der Waals surface area contributed by atoms with Crippen molar-refractivity contribution in [1.82, 2.24) is 0 Å². The summed E-state index contributed by atoms with van der Waals surface area (Å²) >= 11 is 6.64. The molecule has 1 aliphatic rings. The van der Waals surface area contributed by atoms with Crippen LogP contribution in [0.4, 0.5) is 0 Å². The van der Waals surface area contributed by atoms with Crippen LogP contribution in [-0.4, -0.2) is 18.3 Å². The SMILES string of the molecule is CC1(C)OB(c2c(Cl)ccc3oc4cc5ccccc5cc4c23)OC1(C)C. The molecule has 27 heavy (non-hydrogen) atoms. The molecule has 3 aromatic carbocycles. The van der Waals surface area contributed by atoms with Gasteiger partial charge in [0.15, 0.2) is 0 Å². The fourth-order valence-corrected chi connectivity index (χ4v) is 3.99. The highest BCUT2D eigenvalue weighted by Crippen LogP contribution is 2.39. The molecule has 0 N–H and O–H groups in total. The van der Waals surface area contributed by atoms with Crippen LogP contribution in [0.5, 0.6) is 0 Å². The van der Waals surface area contributed by atoms with Gasteiger partial charge in [-0.15, -0.1) is 0 Å². The van der Waals surface area contributed by atoms with E-state index in [0.29, 0.717) is 5.02 Å². The molecule has 0 saturated carbocycles. The first-order chi connectivity index (χ1) is 12.8. The van der Waals surface area contributed by atoms with E-state index in [1.165, 1.54) is 0 Å². The van der Waals surface area contributed by atoms with E-state index in [4.69, 9.17) is 25.3 Å². The van der Waals surface area contributed by atoms with Crippen molar-refractivity contribution >= 4 is 56.9 Å². The monoisotopic (exact) mass is 378 g/mol. The molecule has 0 unspecified atom stereocenters. The third-order valence-corrected chi connectivity index (χ3v) is 6.31. The second-order valence-corrected chi connectivity index (χ2v) is 8.63. The van der Waals surface area contributed by atoms with Crippen LogP contribution in [0, 0.1) is 0 Å². The van der Waals surface area contributed by atoms with Gasteiger partial charge in [0.1, 0.15) is 11.2 Å². The van der Waals surface area contributed by atoms with E-state index in [1.807, 2.05) is 52.0 Å². The molecule has 1 fully saturated rings. The Hall–Kier alpha value is -2.01. The third-order valence-electron chi connectivity index (χ3n) is 5.98. The topological polar surface area (TPSA) is 31.6 Å². The maximum atomic E-state index is 6.64. The molecule has 2 heterocycles. The predicted octanol–water partition coefficient (Wildman–Crippen LogP) is 5.69. The van der Waals surface area contributed by atoms with E-state index in [-0.39, 0.29) is 0 Å². The molecule has 1 aromatic heterocycles. The zero-order valence-electron chi connectivity index (χ0n) is 15.8. The molecule has 0 aliphatic carbocycles. The van der Waals surface area contributed by atoms with Gasteiger partial charge >= 0.3 is 7.12 Å². The smallest absolute Gasteiger partial charge is 0.456 e. The Kier molecular flexibility index (Phi) is 3.49. The molecule has 5 rings (SSSR count). The summed E-state index contributed by atoms with van der Waals surface area (Å²) < 4.78 is 18.7. The first kappa shape index (κ1) is 17.1. The first-order valence-corrected chi connectivity index (χ1v) is 9.54. The highest BCUT2D eigenvalue weighted by molar-refractivity contribution is 6.69. The molecule has 1 saturated heterocycles. The number of rotatable bonds is 1. The largest absolute Gasteiger partial charge is 0.497 e. The number of halogens is 1. The minimum Gasteiger partial charge on any atom is -0.456 e. The number of benzene rings is 3. The quantitative estimate of drug-likeness (QED) is 0.399. The lowest BCUT2D eigenvalue weighted by molar-refractivity contribution is 0.00578. The molecular formula is C22H20BClO3. The molecule has 0 amide bonds. The van der Waals surface area contributed by atoms with Crippen molar-refractivity contribution in [2.45, 2.75) is 38.9 Å². The molecule has 5 heteroatoms. The summed E-state index contributed by atoms with van der Waals surface area (Å²) in [4.78, 5) is 0. The van der Waals surface area contributed by atoms with E-state index < -0.39 is 18.3 Å². The zero-order valence-corrected chi connectivity index (χ0v) is 16.6. The van der Waals surface area contributed by atoms with Crippen LogP contribution in [0.3, 0.4) is 0 Å². The third kappa shape index (κ3) is 2.44. The van der Waals surface area contributed by atoms with Crippen LogP contribution < -0.4 is 5.46 Å². The van der Waals surface area contributed by atoms with Gasteiger partial charge in [0.05, 0.1) is 11.2 Å². The van der Waals surface area contributed by atoms with Gasteiger partial charge in [-0.05, 0) is 62.7 Å². The van der Waals surface area contributed by atoms with Crippen molar-refractivity contribution in [2.24, 2.45) is 0 Å². The minimum atomic E-state index is -0.543. The highest BCUT2D eigenvalue weighted by Gasteiger charge is 2.52. The van der Waals surface area contributed by atoms with Gasteiger partial charge in [-0.2, -0.15) is 0 Å². The lowest BCUT2D eigenvalue weighted by Gasteiger charge is -2.32. The first-order valence-electron chi connectivity index (χ1n) is 9.16. The van der Waals surface area contributed by atoms with Crippen molar-refractivity contribution in [1.29, 1.82) is 0 Å². The van der Waals surface area contributed by atoms with Crippen molar-refractivity contribution in [3.05, 3.63) is 53.6 Å². The minimum absolute atomic E-state index is 0.435. The summed E-state index contributed by atoms with van der Waals surface area (Å²) in [6.07, 6.45) is 0. The van der Waals surface area contributed by atoms with E-state index in [9.17, 15) is 0 Å². The normalized spacial score (nSPS) is 18.8. The Balaban J connectivity index is 1.81. The fourth-order valence-electron chi connectivity index (χ4n) is 3.75. The molecule has 4 aromatic rings. The standard InChI is InChI=1S/C22H20BClO3/c1-21(2)22(3,4)27-23(26-21)20-16(24)9-10-17-19(20)15-11-13-7-5-6-8-14(13)12-18(15)25-17/h5-12H,1-4H3. The Labute approximate surface area is 163 Å². The molecule has 0 radical (unpaired) electrons. The second-order valence-electron chi connectivity index (χ2n) is 8.22. The van der Waals surface area contributed by atoms with Gasteiger partial charge in [0, 0.05) is 21.3 Å². The molecular weight excluding hydrogens is 359 g/mol. The van der Waals surface area contributed by atoms with Crippen LogP contribution in [0.2, 0.25) is 5.02 Å². The van der Waals surface area contributed by atoms with Crippen LogP contribution in [0.25, 0.3) is 32.7 Å². The second kappa shape index (κ2) is 5.51. The van der Waals surface area contributed by atoms with E-state index in [0.717, 1.165) is 38.2 Å². The molecule has 0 atom stereocenters. The molecule has 0 bridgehead atoms. The van der Waals surface area contributed by atoms with Gasteiger partial charge in [0.2, 0.25) is 0 Å². The maximum absolute atomic E-state index is 6.64. The summed E-state index contributed by atoms with van der Waals surface area (Å²) in [5, 5.41) is 4.91. The van der Waals surface area contributed by atoms with Gasteiger partial charge < -0.3 is 13.7 Å². The Morgan fingerprint density at radius 3 is 2.11 bits per heavy atom. The lowest BCUT2D eigenvalue weighted by Crippen LogP contribution is -2.41. The fraction of sp³-hybridized carbons (Fsp3) is 0.273. The van der Waals surface area contributed by atoms with Crippen molar-refractivity contribution < 1.29 is 13.7 Å². The van der Waals surface area contributed by atoms with Gasteiger partial charge in [-0.1, -0.05) is 35.9 Å². The van der Waals surface area contributed by atoms with Crippen molar-refractivity contribution in [3.8, 4) is 0 Å². The van der Waals surface area contributed by atoms with Crippen LogP contribution in [-0.2, 0) is 9.31 Å². The van der Waals surface area contributed by atoms with Gasteiger partial charge in [-0.3, -0.25) is 0 Å². The van der Waals surface area contributed by atoms with Crippen LogP contribution in [0.1, 0.15) is 27.7 Å². The average Bonchev–Trinajstić information content (AvgIpc) is 3.06.